The number of benzene rings is 2. The number of halogens is 2. The molecule has 0 aliphatic heterocycles. The minimum atomic E-state index is -0.635. The molecule has 18 heavy (non-hydrogen) atoms. The number of aliphatic hydroxyl groups excluding tert-OH is 1. The van der Waals surface area contributed by atoms with Gasteiger partial charge in [0.2, 0.25) is 0 Å². The maximum atomic E-state index is 13.6. The summed E-state index contributed by atoms with van der Waals surface area (Å²) in [5.74, 6) is -0.722. The SMILES string of the molecule is COc1ccc(-c2ccc(F)cc2F)cc1CO. The van der Waals surface area contributed by atoms with E-state index in [1.165, 1.54) is 19.2 Å². The fourth-order valence-electron chi connectivity index (χ4n) is 1.79. The monoisotopic (exact) mass is 250 g/mol. The second-order valence-electron chi connectivity index (χ2n) is 3.81. The van der Waals surface area contributed by atoms with E-state index < -0.39 is 11.6 Å². The second kappa shape index (κ2) is 5.14. The van der Waals surface area contributed by atoms with Crippen LogP contribution in [-0.4, -0.2) is 12.2 Å². The summed E-state index contributed by atoms with van der Waals surface area (Å²) in [4.78, 5) is 0. The van der Waals surface area contributed by atoms with Crippen LogP contribution in [0.25, 0.3) is 11.1 Å². The van der Waals surface area contributed by atoms with Gasteiger partial charge in [-0.25, -0.2) is 8.78 Å². The zero-order valence-corrected chi connectivity index (χ0v) is 9.78. The summed E-state index contributed by atoms with van der Waals surface area (Å²) in [6.45, 7) is -0.209. The minimum Gasteiger partial charge on any atom is -0.496 e. The average molecular weight is 250 g/mol. The molecule has 0 fully saturated rings. The average Bonchev–Trinajstić information content (AvgIpc) is 2.38. The summed E-state index contributed by atoms with van der Waals surface area (Å²) in [6, 6.07) is 8.32. The van der Waals surface area contributed by atoms with Crippen molar-refractivity contribution in [1.82, 2.24) is 0 Å². The Morgan fingerprint density at radius 1 is 1.11 bits per heavy atom. The maximum absolute atomic E-state index is 13.6. The van der Waals surface area contributed by atoms with Gasteiger partial charge in [0.05, 0.1) is 13.7 Å². The standard InChI is InChI=1S/C14H12F2O2/c1-18-14-5-2-9(6-10(14)8-17)12-4-3-11(15)7-13(12)16/h2-7,17H,8H2,1H3. The van der Waals surface area contributed by atoms with Crippen molar-refractivity contribution >= 4 is 0 Å². The molecule has 2 rings (SSSR count). The molecule has 0 saturated carbocycles. The van der Waals surface area contributed by atoms with Crippen LogP contribution in [0.15, 0.2) is 36.4 Å². The van der Waals surface area contributed by atoms with Gasteiger partial charge in [-0.3, -0.25) is 0 Å². The highest BCUT2D eigenvalue weighted by atomic mass is 19.1. The molecule has 0 spiro atoms. The third kappa shape index (κ3) is 2.33. The number of rotatable bonds is 3. The van der Waals surface area contributed by atoms with Crippen LogP contribution < -0.4 is 4.74 Å². The predicted molar refractivity (Wildman–Crippen MR) is 64.3 cm³/mol. The highest BCUT2D eigenvalue weighted by Crippen LogP contribution is 2.28. The molecule has 0 heterocycles. The number of methoxy groups -OCH3 is 1. The van der Waals surface area contributed by atoms with E-state index in [1.54, 1.807) is 18.2 Å². The topological polar surface area (TPSA) is 29.5 Å². The highest BCUT2D eigenvalue weighted by Gasteiger charge is 2.09. The molecule has 0 aliphatic rings. The van der Waals surface area contributed by atoms with Crippen LogP contribution in [0.4, 0.5) is 8.78 Å². The Balaban J connectivity index is 2.51. The zero-order valence-electron chi connectivity index (χ0n) is 9.78. The van der Waals surface area contributed by atoms with E-state index in [9.17, 15) is 13.9 Å². The van der Waals surface area contributed by atoms with Crippen LogP contribution in [-0.2, 0) is 6.61 Å². The van der Waals surface area contributed by atoms with Gasteiger partial charge in [-0.05, 0) is 29.8 Å². The number of ether oxygens (including phenoxy) is 1. The summed E-state index contributed by atoms with van der Waals surface area (Å²) < 4.78 is 31.5. The lowest BCUT2D eigenvalue weighted by molar-refractivity contribution is 0.274. The van der Waals surface area contributed by atoms with Gasteiger partial charge in [0, 0.05) is 17.2 Å². The van der Waals surface area contributed by atoms with Crippen LogP contribution in [0, 0.1) is 11.6 Å². The van der Waals surface area contributed by atoms with E-state index in [0.717, 1.165) is 6.07 Å². The fourth-order valence-corrected chi connectivity index (χ4v) is 1.79. The number of hydrogen-bond acceptors (Lipinski definition) is 2. The van der Waals surface area contributed by atoms with Crippen molar-refractivity contribution in [1.29, 1.82) is 0 Å². The van der Waals surface area contributed by atoms with Crippen LogP contribution in [0.3, 0.4) is 0 Å². The summed E-state index contributed by atoms with van der Waals surface area (Å²) in [6.07, 6.45) is 0. The van der Waals surface area contributed by atoms with E-state index in [-0.39, 0.29) is 12.2 Å². The van der Waals surface area contributed by atoms with Crippen molar-refractivity contribution in [3.05, 3.63) is 53.6 Å². The molecule has 0 aromatic heterocycles. The molecule has 2 nitrogen and oxygen atoms in total. The van der Waals surface area contributed by atoms with Gasteiger partial charge in [0.25, 0.3) is 0 Å². The summed E-state index contributed by atoms with van der Waals surface area (Å²) in [5, 5.41) is 9.20. The Bertz CT molecular complexity index is 568. The molecule has 1 N–H and O–H groups in total. The Morgan fingerprint density at radius 3 is 2.50 bits per heavy atom. The molecule has 4 heteroatoms. The van der Waals surface area contributed by atoms with E-state index in [1.807, 2.05) is 0 Å². The maximum Gasteiger partial charge on any atom is 0.133 e. The van der Waals surface area contributed by atoms with Crippen molar-refractivity contribution in [3.8, 4) is 16.9 Å². The molecule has 0 aliphatic carbocycles. The normalized spacial score (nSPS) is 10.4. The van der Waals surface area contributed by atoms with Gasteiger partial charge >= 0.3 is 0 Å². The Labute approximate surface area is 103 Å². The molecule has 2 aromatic rings. The number of aliphatic hydroxyl groups is 1. The molecule has 0 atom stereocenters. The van der Waals surface area contributed by atoms with E-state index in [2.05, 4.69) is 0 Å². The van der Waals surface area contributed by atoms with Crippen LogP contribution >= 0.6 is 0 Å². The zero-order chi connectivity index (χ0) is 13.1. The van der Waals surface area contributed by atoms with Gasteiger partial charge in [-0.15, -0.1) is 0 Å². The van der Waals surface area contributed by atoms with Crippen molar-refractivity contribution < 1.29 is 18.6 Å². The molecule has 0 amide bonds. The van der Waals surface area contributed by atoms with Gasteiger partial charge in [-0.2, -0.15) is 0 Å². The molecule has 0 bridgehead atoms. The van der Waals surface area contributed by atoms with Crippen LogP contribution in [0.2, 0.25) is 0 Å². The predicted octanol–water partition coefficient (Wildman–Crippen LogP) is 3.13. The Kier molecular flexibility index (Phi) is 3.58. The first-order valence-corrected chi connectivity index (χ1v) is 5.39. The third-order valence-corrected chi connectivity index (χ3v) is 2.69. The first kappa shape index (κ1) is 12.5. The smallest absolute Gasteiger partial charge is 0.133 e. The quantitative estimate of drug-likeness (QED) is 0.906. The lowest BCUT2D eigenvalue weighted by Gasteiger charge is -2.09. The van der Waals surface area contributed by atoms with E-state index in [4.69, 9.17) is 4.74 Å². The van der Waals surface area contributed by atoms with Gasteiger partial charge < -0.3 is 9.84 Å². The summed E-state index contributed by atoms with van der Waals surface area (Å²) >= 11 is 0. The summed E-state index contributed by atoms with van der Waals surface area (Å²) in [7, 11) is 1.49. The largest absolute Gasteiger partial charge is 0.496 e. The van der Waals surface area contributed by atoms with Crippen LogP contribution in [0.5, 0.6) is 5.75 Å². The molecule has 0 radical (unpaired) electrons. The molecule has 2 aromatic carbocycles. The fraction of sp³-hybridized carbons (Fsp3) is 0.143. The Morgan fingerprint density at radius 2 is 1.89 bits per heavy atom. The van der Waals surface area contributed by atoms with Gasteiger partial charge in [-0.1, -0.05) is 6.07 Å². The number of hydrogen-bond donors (Lipinski definition) is 1. The van der Waals surface area contributed by atoms with E-state index in [0.29, 0.717) is 16.9 Å². The highest BCUT2D eigenvalue weighted by molar-refractivity contribution is 5.66. The summed E-state index contributed by atoms with van der Waals surface area (Å²) in [5.41, 5.74) is 1.41. The molecule has 0 saturated heterocycles. The first-order valence-electron chi connectivity index (χ1n) is 5.39. The lowest BCUT2D eigenvalue weighted by Crippen LogP contribution is -1.93. The van der Waals surface area contributed by atoms with Gasteiger partial charge in [0.1, 0.15) is 17.4 Å². The minimum absolute atomic E-state index is 0.209. The van der Waals surface area contributed by atoms with Crippen molar-refractivity contribution in [2.45, 2.75) is 6.61 Å². The lowest BCUT2D eigenvalue weighted by atomic mass is 10.0. The van der Waals surface area contributed by atoms with Crippen molar-refractivity contribution in [2.75, 3.05) is 7.11 Å². The molecule has 0 unspecified atom stereocenters. The van der Waals surface area contributed by atoms with Crippen molar-refractivity contribution in [3.63, 3.8) is 0 Å². The van der Waals surface area contributed by atoms with Gasteiger partial charge in [0.15, 0.2) is 0 Å². The molecule has 94 valence electrons. The first-order chi connectivity index (χ1) is 8.65. The van der Waals surface area contributed by atoms with E-state index >= 15 is 0 Å². The van der Waals surface area contributed by atoms with Crippen LogP contribution in [0.1, 0.15) is 5.56 Å². The Hall–Kier alpha value is -1.94. The molecular weight excluding hydrogens is 238 g/mol. The second-order valence-corrected chi connectivity index (χ2v) is 3.81. The third-order valence-electron chi connectivity index (χ3n) is 2.69. The molecular formula is C14H12F2O2. The van der Waals surface area contributed by atoms with Crippen molar-refractivity contribution in [2.24, 2.45) is 0 Å².